The van der Waals surface area contributed by atoms with Gasteiger partial charge in [-0.15, -0.1) is 0 Å². The molecule has 0 spiro atoms. The van der Waals surface area contributed by atoms with E-state index in [0.717, 1.165) is 18.8 Å². The maximum Gasteiger partial charge on any atom is 0.280 e. The fraction of sp³-hybridized carbons (Fsp3) is 0.368. The van der Waals surface area contributed by atoms with Gasteiger partial charge >= 0.3 is 0 Å². The average molecular weight is 408 g/mol. The number of hydrogen-bond acceptors (Lipinski definition) is 8. The second-order valence-corrected chi connectivity index (χ2v) is 7.85. The molecule has 1 saturated heterocycles. The Balaban J connectivity index is 1.17. The third-order valence-corrected chi connectivity index (χ3v) is 6.06. The lowest BCUT2D eigenvalue weighted by Crippen LogP contribution is -2.24. The number of rotatable bonds is 4. The number of fused-ring (bicyclic) bond motifs is 2. The topological polar surface area (TPSA) is 108 Å². The minimum absolute atomic E-state index is 0.157. The van der Waals surface area contributed by atoms with Gasteiger partial charge in [-0.05, 0) is 17.9 Å². The summed E-state index contributed by atoms with van der Waals surface area (Å²) in [6.45, 7) is 1.80. The molecule has 4 aromatic heterocycles. The summed E-state index contributed by atoms with van der Waals surface area (Å²) in [7, 11) is 1.75. The number of anilines is 1. The molecule has 10 nitrogen and oxygen atoms in total. The van der Waals surface area contributed by atoms with Gasteiger partial charge in [-0.25, -0.2) is 15.0 Å². The zero-order chi connectivity index (χ0) is 20.4. The largest absolute Gasteiger partial charge is 0.371 e. The summed E-state index contributed by atoms with van der Waals surface area (Å²) in [5, 5.41) is 4.14. The van der Waals surface area contributed by atoms with Crippen LogP contribution < -0.4 is 10.5 Å². The summed E-state index contributed by atoms with van der Waals surface area (Å²) < 4.78 is 21.8. The van der Waals surface area contributed by atoms with Crippen molar-refractivity contribution in [3.05, 3.63) is 59.0 Å². The molecule has 1 aliphatic carbocycles. The number of pyridine rings is 1. The van der Waals surface area contributed by atoms with Gasteiger partial charge < -0.3 is 14.0 Å². The van der Waals surface area contributed by atoms with Crippen molar-refractivity contribution in [3.8, 4) is 0 Å². The molecule has 0 amide bonds. The number of nitrogens with zero attached hydrogens (tertiary/aromatic N) is 8. The minimum atomic E-state index is -0.471. The van der Waals surface area contributed by atoms with Gasteiger partial charge in [0.2, 0.25) is 11.8 Å². The molecule has 1 saturated carbocycles. The van der Waals surface area contributed by atoms with Crippen LogP contribution in [0, 0.1) is 17.8 Å². The molecular weight excluding hydrogens is 391 g/mol. The van der Waals surface area contributed by atoms with Crippen molar-refractivity contribution < 1.29 is 8.91 Å². The molecule has 5 heterocycles. The number of piperidine rings is 1. The van der Waals surface area contributed by atoms with E-state index in [1.54, 1.807) is 17.9 Å². The normalized spacial score (nSPS) is 22.6. The molecule has 3 atom stereocenters. The van der Waals surface area contributed by atoms with Gasteiger partial charge in [0.15, 0.2) is 17.0 Å². The molecule has 0 radical (unpaired) electrons. The summed E-state index contributed by atoms with van der Waals surface area (Å²) in [6, 6.07) is 3.28. The maximum absolute atomic E-state index is 13.4. The predicted octanol–water partition coefficient (Wildman–Crippen LogP) is 0.945. The van der Waals surface area contributed by atoms with Crippen molar-refractivity contribution in [1.29, 1.82) is 0 Å². The summed E-state index contributed by atoms with van der Waals surface area (Å²) in [5.74, 6) is 1.64. The van der Waals surface area contributed by atoms with E-state index in [1.165, 1.54) is 23.2 Å². The van der Waals surface area contributed by atoms with E-state index in [2.05, 4.69) is 30.0 Å². The summed E-state index contributed by atoms with van der Waals surface area (Å²) in [5.41, 5.74) is 1.49. The Hall–Kier alpha value is -3.63. The molecule has 11 heteroatoms. The SMILES string of the molecule is Cn1cnc2ncn(Cc3nc(C4[C@H]5CN(c6ccnc(F)c6)C[C@@H]45)no3)c(=O)c21. The van der Waals surface area contributed by atoms with Gasteiger partial charge in [-0.1, -0.05) is 5.16 Å². The first kappa shape index (κ1) is 17.2. The highest BCUT2D eigenvalue weighted by Crippen LogP contribution is 2.57. The molecular formula is C19H17FN8O2. The van der Waals surface area contributed by atoms with Crippen LogP contribution in [-0.2, 0) is 13.6 Å². The Labute approximate surface area is 169 Å². The highest BCUT2D eigenvalue weighted by molar-refractivity contribution is 5.68. The second kappa shape index (κ2) is 6.18. The molecule has 0 aromatic carbocycles. The molecule has 1 unspecified atom stereocenters. The number of aryl methyl sites for hydroxylation is 1. The van der Waals surface area contributed by atoms with Gasteiger partial charge in [0.25, 0.3) is 5.56 Å². The number of aromatic nitrogens is 7. The highest BCUT2D eigenvalue weighted by atomic mass is 19.1. The third kappa shape index (κ3) is 2.61. The van der Waals surface area contributed by atoms with Gasteiger partial charge in [0.1, 0.15) is 12.9 Å². The van der Waals surface area contributed by atoms with Gasteiger partial charge in [-0.3, -0.25) is 9.36 Å². The van der Waals surface area contributed by atoms with Gasteiger partial charge in [0, 0.05) is 44.0 Å². The zero-order valence-corrected chi connectivity index (χ0v) is 16.0. The lowest BCUT2D eigenvalue weighted by molar-refractivity contribution is 0.363. The molecule has 4 aromatic rings. The molecule has 2 fully saturated rings. The Morgan fingerprint density at radius 3 is 2.80 bits per heavy atom. The van der Waals surface area contributed by atoms with Crippen molar-refractivity contribution in [2.24, 2.45) is 18.9 Å². The average Bonchev–Trinajstić information content (AvgIpc) is 3.16. The van der Waals surface area contributed by atoms with Crippen LogP contribution in [0.15, 0.2) is 40.3 Å². The first-order valence-corrected chi connectivity index (χ1v) is 9.64. The van der Waals surface area contributed by atoms with Crippen LogP contribution >= 0.6 is 0 Å². The third-order valence-electron chi connectivity index (χ3n) is 6.06. The van der Waals surface area contributed by atoms with Gasteiger partial charge in [-0.2, -0.15) is 9.37 Å². The van der Waals surface area contributed by atoms with Crippen molar-refractivity contribution >= 4 is 16.9 Å². The Kier molecular flexibility index (Phi) is 3.55. The van der Waals surface area contributed by atoms with Gasteiger partial charge in [0.05, 0.1) is 6.33 Å². The molecule has 152 valence electrons. The van der Waals surface area contributed by atoms with Crippen molar-refractivity contribution in [3.63, 3.8) is 0 Å². The molecule has 2 aliphatic rings. The van der Waals surface area contributed by atoms with E-state index < -0.39 is 5.95 Å². The minimum Gasteiger partial charge on any atom is -0.371 e. The summed E-state index contributed by atoms with van der Waals surface area (Å²) >= 11 is 0. The molecule has 0 bridgehead atoms. The Morgan fingerprint density at radius 2 is 2.00 bits per heavy atom. The molecule has 0 N–H and O–H groups in total. The van der Waals surface area contributed by atoms with Crippen LogP contribution in [0.5, 0.6) is 0 Å². The Bertz CT molecular complexity index is 1320. The van der Waals surface area contributed by atoms with Crippen LogP contribution in [-0.4, -0.2) is 47.3 Å². The van der Waals surface area contributed by atoms with Crippen LogP contribution in [0.1, 0.15) is 17.6 Å². The first-order chi connectivity index (χ1) is 14.6. The van der Waals surface area contributed by atoms with Crippen molar-refractivity contribution in [1.82, 2.24) is 34.2 Å². The van der Waals surface area contributed by atoms with Crippen molar-refractivity contribution in [2.75, 3.05) is 18.0 Å². The fourth-order valence-corrected chi connectivity index (χ4v) is 4.51. The van der Waals surface area contributed by atoms with Crippen LogP contribution in [0.25, 0.3) is 11.2 Å². The van der Waals surface area contributed by atoms with Crippen LogP contribution in [0.3, 0.4) is 0 Å². The fourth-order valence-electron chi connectivity index (χ4n) is 4.51. The number of hydrogen-bond donors (Lipinski definition) is 0. The highest BCUT2D eigenvalue weighted by Gasteiger charge is 2.58. The van der Waals surface area contributed by atoms with E-state index in [9.17, 15) is 9.18 Å². The summed E-state index contributed by atoms with van der Waals surface area (Å²) in [4.78, 5) is 31.2. The molecule has 6 rings (SSSR count). The molecule has 30 heavy (non-hydrogen) atoms. The monoisotopic (exact) mass is 408 g/mol. The standard InChI is InChI=1S/C19H17FN8O2/c1-26-8-22-18-16(26)19(29)28(9-23-18)7-14-24-17(25-30-14)15-11-5-27(6-12(11)15)10-2-3-21-13(20)4-10/h2-4,8-9,11-12,15H,5-7H2,1H3/t11-,12+,15?. The van der Waals surface area contributed by atoms with E-state index in [-0.39, 0.29) is 18.0 Å². The van der Waals surface area contributed by atoms with E-state index in [0.29, 0.717) is 34.7 Å². The second-order valence-electron chi connectivity index (χ2n) is 7.85. The van der Waals surface area contributed by atoms with Crippen LogP contribution in [0.2, 0.25) is 0 Å². The van der Waals surface area contributed by atoms with E-state index >= 15 is 0 Å². The van der Waals surface area contributed by atoms with E-state index in [1.807, 2.05) is 6.07 Å². The van der Waals surface area contributed by atoms with Crippen LogP contribution in [0.4, 0.5) is 10.1 Å². The lowest BCUT2D eigenvalue weighted by Gasteiger charge is -2.21. The quantitative estimate of drug-likeness (QED) is 0.459. The zero-order valence-electron chi connectivity index (χ0n) is 16.0. The Morgan fingerprint density at radius 1 is 1.20 bits per heavy atom. The first-order valence-electron chi connectivity index (χ1n) is 9.64. The maximum atomic E-state index is 13.4. The smallest absolute Gasteiger partial charge is 0.280 e. The van der Waals surface area contributed by atoms with E-state index in [4.69, 9.17) is 4.52 Å². The predicted molar refractivity (Wildman–Crippen MR) is 102 cm³/mol. The number of halogens is 1. The summed E-state index contributed by atoms with van der Waals surface area (Å²) in [6.07, 6.45) is 4.49. The number of imidazole rings is 1. The van der Waals surface area contributed by atoms with Crippen molar-refractivity contribution in [2.45, 2.75) is 12.5 Å². The molecule has 1 aliphatic heterocycles. The lowest BCUT2D eigenvalue weighted by atomic mass is 10.2.